The second-order valence-electron chi connectivity index (χ2n) is 6.18. The maximum absolute atomic E-state index is 12.6. The summed E-state index contributed by atoms with van der Waals surface area (Å²) in [7, 11) is 0. The lowest BCUT2D eigenvalue weighted by Gasteiger charge is -2.33. The number of alkyl halides is 3. The third-order valence-electron chi connectivity index (χ3n) is 4.31. The molecule has 1 fully saturated rings. The van der Waals surface area contributed by atoms with Gasteiger partial charge in [-0.1, -0.05) is 18.2 Å². The molecule has 6 heteroatoms. The monoisotopic (exact) mass is 348 g/mol. The highest BCUT2D eigenvalue weighted by atomic mass is 19.4. The molecule has 0 spiro atoms. The fourth-order valence-electron chi connectivity index (χ4n) is 3.03. The number of hydrogen-bond donors (Lipinski definition) is 1. The van der Waals surface area contributed by atoms with E-state index in [9.17, 15) is 18.0 Å². The topological polar surface area (TPSA) is 32.3 Å². The first-order chi connectivity index (χ1) is 11.9. The van der Waals surface area contributed by atoms with Crippen LogP contribution < -0.4 is 5.32 Å². The summed E-state index contributed by atoms with van der Waals surface area (Å²) in [6, 6.07) is 14.3. The second kappa shape index (κ2) is 7.17. The number of piperidine rings is 1. The Balaban J connectivity index is 1.65. The summed E-state index contributed by atoms with van der Waals surface area (Å²) in [4.78, 5) is 14.3. The molecular weight excluding hydrogens is 329 g/mol. The molecule has 0 radical (unpaired) electrons. The van der Waals surface area contributed by atoms with Gasteiger partial charge in [-0.25, -0.2) is 0 Å². The molecule has 2 aromatic rings. The molecule has 1 aliphatic heterocycles. The van der Waals surface area contributed by atoms with E-state index in [1.54, 1.807) is 4.90 Å². The Labute approximate surface area is 144 Å². The van der Waals surface area contributed by atoms with E-state index in [1.165, 1.54) is 12.1 Å². The van der Waals surface area contributed by atoms with Crippen molar-refractivity contribution < 1.29 is 18.0 Å². The summed E-state index contributed by atoms with van der Waals surface area (Å²) in [5.41, 5.74) is 0.538. The average molecular weight is 348 g/mol. The molecule has 0 aliphatic carbocycles. The molecule has 1 saturated heterocycles. The predicted octanol–water partition coefficient (Wildman–Crippen LogP) is 4.42. The summed E-state index contributed by atoms with van der Waals surface area (Å²) in [5.74, 6) is -0.228. The number of likely N-dealkylation sites (tertiary alicyclic amines) is 1. The number of amides is 1. The van der Waals surface area contributed by atoms with Crippen LogP contribution in [0.25, 0.3) is 0 Å². The number of halogens is 3. The van der Waals surface area contributed by atoms with E-state index in [2.05, 4.69) is 5.32 Å². The summed E-state index contributed by atoms with van der Waals surface area (Å²) < 4.78 is 37.9. The van der Waals surface area contributed by atoms with E-state index in [0.29, 0.717) is 13.1 Å². The van der Waals surface area contributed by atoms with Gasteiger partial charge < -0.3 is 10.2 Å². The zero-order valence-electron chi connectivity index (χ0n) is 13.6. The molecule has 2 aromatic carbocycles. The van der Waals surface area contributed by atoms with E-state index in [0.717, 1.165) is 30.7 Å². The molecule has 0 saturated carbocycles. The lowest BCUT2D eigenvalue weighted by atomic mass is 10.0. The van der Waals surface area contributed by atoms with E-state index in [1.807, 2.05) is 30.3 Å². The third kappa shape index (κ3) is 4.32. The number of rotatable bonds is 3. The highest BCUT2D eigenvalue weighted by Crippen LogP contribution is 2.29. The van der Waals surface area contributed by atoms with Crippen molar-refractivity contribution in [3.63, 3.8) is 0 Å². The maximum Gasteiger partial charge on any atom is 0.416 e. The van der Waals surface area contributed by atoms with Crippen molar-refractivity contribution in [2.45, 2.75) is 25.1 Å². The van der Waals surface area contributed by atoms with Crippen LogP contribution >= 0.6 is 0 Å². The van der Waals surface area contributed by atoms with Crippen LogP contribution in [0.5, 0.6) is 0 Å². The van der Waals surface area contributed by atoms with Crippen molar-refractivity contribution in [3.05, 3.63) is 65.7 Å². The Morgan fingerprint density at radius 1 is 1.04 bits per heavy atom. The molecule has 0 aromatic heterocycles. The van der Waals surface area contributed by atoms with Gasteiger partial charge in [-0.2, -0.15) is 13.2 Å². The zero-order chi connectivity index (χ0) is 17.9. The van der Waals surface area contributed by atoms with E-state index >= 15 is 0 Å². The maximum atomic E-state index is 12.6. The van der Waals surface area contributed by atoms with Crippen molar-refractivity contribution in [2.75, 3.05) is 18.4 Å². The van der Waals surface area contributed by atoms with E-state index in [4.69, 9.17) is 0 Å². The summed E-state index contributed by atoms with van der Waals surface area (Å²) in [6.07, 6.45) is -2.58. The van der Waals surface area contributed by atoms with Crippen molar-refractivity contribution in [1.82, 2.24) is 4.90 Å². The van der Waals surface area contributed by atoms with E-state index < -0.39 is 11.7 Å². The van der Waals surface area contributed by atoms with Gasteiger partial charge in [0.2, 0.25) is 0 Å². The van der Waals surface area contributed by atoms with Gasteiger partial charge in [0.15, 0.2) is 0 Å². The molecule has 1 heterocycles. The molecule has 1 amide bonds. The number of anilines is 1. The fraction of sp³-hybridized carbons (Fsp3) is 0.316. The zero-order valence-corrected chi connectivity index (χ0v) is 13.6. The molecule has 25 heavy (non-hydrogen) atoms. The molecule has 1 aliphatic rings. The fourth-order valence-corrected chi connectivity index (χ4v) is 3.03. The molecule has 1 atom stereocenters. The largest absolute Gasteiger partial charge is 0.416 e. The average Bonchev–Trinajstić information content (AvgIpc) is 2.61. The van der Waals surface area contributed by atoms with Crippen LogP contribution in [0.15, 0.2) is 54.6 Å². The van der Waals surface area contributed by atoms with Gasteiger partial charge in [0, 0.05) is 30.4 Å². The number of carbonyl (C=O) groups excluding carboxylic acids is 1. The lowest BCUT2D eigenvalue weighted by molar-refractivity contribution is -0.137. The Morgan fingerprint density at radius 2 is 1.72 bits per heavy atom. The Kier molecular flexibility index (Phi) is 4.97. The Hall–Kier alpha value is -2.50. The van der Waals surface area contributed by atoms with E-state index in [-0.39, 0.29) is 17.5 Å². The number of para-hydroxylation sites is 1. The SMILES string of the molecule is O=C(c1ccc(C(F)(F)F)cc1)N1CCC[C@@H](Nc2ccccc2)C1. The number of nitrogens with one attached hydrogen (secondary N) is 1. The standard InChI is InChI=1S/C19H19F3N2O/c20-19(21,22)15-10-8-14(9-11-15)18(25)24-12-4-7-17(13-24)23-16-5-2-1-3-6-16/h1-3,5-6,8-11,17,23H,4,7,12-13H2/t17-/m1/s1. The number of hydrogen-bond acceptors (Lipinski definition) is 2. The van der Waals surface area contributed by atoms with Crippen LogP contribution in [-0.2, 0) is 6.18 Å². The number of carbonyl (C=O) groups is 1. The molecule has 3 nitrogen and oxygen atoms in total. The Bertz CT molecular complexity index is 714. The van der Waals surface area contributed by atoms with Gasteiger partial charge in [0.1, 0.15) is 0 Å². The summed E-state index contributed by atoms with van der Waals surface area (Å²) >= 11 is 0. The first-order valence-electron chi connectivity index (χ1n) is 8.21. The molecule has 3 rings (SSSR count). The first-order valence-corrected chi connectivity index (χ1v) is 8.21. The number of nitrogens with zero attached hydrogens (tertiary/aromatic N) is 1. The van der Waals surface area contributed by atoms with Gasteiger partial charge in [-0.05, 0) is 49.2 Å². The van der Waals surface area contributed by atoms with Gasteiger partial charge >= 0.3 is 6.18 Å². The van der Waals surface area contributed by atoms with Gasteiger partial charge in [0.25, 0.3) is 5.91 Å². The van der Waals surface area contributed by atoms with Crippen LogP contribution in [0.3, 0.4) is 0 Å². The summed E-state index contributed by atoms with van der Waals surface area (Å²) in [6.45, 7) is 1.15. The molecule has 0 bridgehead atoms. The minimum atomic E-state index is -4.39. The molecular formula is C19H19F3N2O. The van der Waals surface area contributed by atoms with Crippen molar-refractivity contribution in [1.29, 1.82) is 0 Å². The van der Waals surface area contributed by atoms with Crippen molar-refractivity contribution in [3.8, 4) is 0 Å². The second-order valence-corrected chi connectivity index (χ2v) is 6.18. The van der Waals surface area contributed by atoms with Gasteiger partial charge in [-0.15, -0.1) is 0 Å². The van der Waals surface area contributed by atoms with Gasteiger partial charge in [-0.3, -0.25) is 4.79 Å². The van der Waals surface area contributed by atoms with Crippen molar-refractivity contribution >= 4 is 11.6 Å². The van der Waals surface area contributed by atoms with Crippen LogP contribution in [-0.4, -0.2) is 29.9 Å². The predicted molar refractivity (Wildman–Crippen MR) is 90.4 cm³/mol. The minimum Gasteiger partial charge on any atom is -0.381 e. The van der Waals surface area contributed by atoms with Crippen LogP contribution in [0.4, 0.5) is 18.9 Å². The van der Waals surface area contributed by atoms with Crippen LogP contribution in [0.1, 0.15) is 28.8 Å². The smallest absolute Gasteiger partial charge is 0.381 e. The number of benzene rings is 2. The third-order valence-corrected chi connectivity index (χ3v) is 4.31. The van der Waals surface area contributed by atoms with Crippen LogP contribution in [0.2, 0.25) is 0 Å². The highest BCUT2D eigenvalue weighted by Gasteiger charge is 2.31. The summed E-state index contributed by atoms with van der Waals surface area (Å²) in [5, 5.41) is 3.40. The molecule has 132 valence electrons. The Morgan fingerprint density at radius 3 is 2.36 bits per heavy atom. The molecule has 1 N–H and O–H groups in total. The van der Waals surface area contributed by atoms with Crippen LogP contribution in [0, 0.1) is 0 Å². The normalized spacial score (nSPS) is 18.0. The van der Waals surface area contributed by atoms with Crippen molar-refractivity contribution in [2.24, 2.45) is 0 Å². The molecule has 0 unspecified atom stereocenters. The minimum absolute atomic E-state index is 0.134. The van der Waals surface area contributed by atoms with Gasteiger partial charge in [0.05, 0.1) is 5.56 Å². The quantitative estimate of drug-likeness (QED) is 0.890. The highest BCUT2D eigenvalue weighted by molar-refractivity contribution is 5.94. The lowest BCUT2D eigenvalue weighted by Crippen LogP contribution is -2.45. The first kappa shape index (κ1) is 17.3.